The molecule has 108 valence electrons. The molecule has 1 fully saturated rings. The number of amides is 1. The molecule has 1 aliphatic carbocycles. The Hall–Kier alpha value is -2.17. The second-order valence-corrected chi connectivity index (χ2v) is 5.94. The topological polar surface area (TPSA) is 61.9 Å². The second kappa shape index (κ2) is 4.69. The molecule has 0 bridgehead atoms. The molecule has 0 atom stereocenters. The molecule has 1 N–H and O–H groups in total. The van der Waals surface area contributed by atoms with Gasteiger partial charge in [0.2, 0.25) is 0 Å². The first-order valence-corrected chi connectivity index (χ1v) is 7.58. The molecule has 0 unspecified atom stereocenters. The molecule has 0 radical (unpaired) electrons. The van der Waals surface area contributed by atoms with Crippen molar-refractivity contribution in [3.8, 4) is 0 Å². The fourth-order valence-corrected chi connectivity index (χ4v) is 3.71. The maximum atomic E-state index is 13.0. The van der Waals surface area contributed by atoms with Gasteiger partial charge in [0.15, 0.2) is 0 Å². The fraction of sp³-hybridized carbons (Fsp3) is 0.438. The van der Waals surface area contributed by atoms with E-state index in [1.54, 1.807) is 6.20 Å². The van der Waals surface area contributed by atoms with E-state index in [9.17, 15) is 4.79 Å². The van der Waals surface area contributed by atoms with Crippen molar-refractivity contribution in [1.29, 1.82) is 0 Å². The number of hydrogen-bond acceptors (Lipinski definition) is 3. The van der Waals surface area contributed by atoms with E-state index in [0.717, 1.165) is 23.9 Å². The molecule has 0 saturated heterocycles. The van der Waals surface area contributed by atoms with E-state index < -0.39 is 0 Å². The minimum atomic E-state index is -0.0804. The zero-order chi connectivity index (χ0) is 14.3. The smallest absolute Gasteiger partial charge is 0.274 e. The molecule has 1 amide bonds. The van der Waals surface area contributed by atoms with Crippen molar-refractivity contribution < 1.29 is 4.79 Å². The summed E-state index contributed by atoms with van der Waals surface area (Å²) in [7, 11) is 0. The molecule has 1 aliphatic heterocycles. The zero-order valence-electron chi connectivity index (χ0n) is 11.9. The van der Waals surface area contributed by atoms with E-state index in [1.807, 2.05) is 11.0 Å². The third kappa shape index (κ3) is 1.87. The maximum absolute atomic E-state index is 13.0. The summed E-state index contributed by atoms with van der Waals surface area (Å²) in [4.78, 5) is 26.5. The molecule has 3 heterocycles. The van der Waals surface area contributed by atoms with Gasteiger partial charge in [-0.3, -0.25) is 4.79 Å². The summed E-state index contributed by atoms with van der Waals surface area (Å²) in [6.07, 6.45) is 13.4. The van der Waals surface area contributed by atoms with Crippen LogP contribution in [0.2, 0.25) is 0 Å². The molecule has 4 rings (SSSR count). The van der Waals surface area contributed by atoms with Gasteiger partial charge >= 0.3 is 0 Å². The van der Waals surface area contributed by atoms with Crippen LogP contribution in [0.4, 0.5) is 0 Å². The highest BCUT2D eigenvalue weighted by Gasteiger charge is 2.41. The first-order chi connectivity index (χ1) is 10.3. The van der Waals surface area contributed by atoms with E-state index in [2.05, 4.69) is 27.1 Å². The van der Waals surface area contributed by atoms with Gasteiger partial charge < -0.3 is 9.88 Å². The molecule has 5 heteroatoms. The molecule has 2 aliphatic rings. The van der Waals surface area contributed by atoms with Crippen LogP contribution >= 0.6 is 0 Å². The predicted octanol–water partition coefficient (Wildman–Crippen LogP) is 2.67. The van der Waals surface area contributed by atoms with Crippen LogP contribution in [0.3, 0.4) is 0 Å². The first-order valence-electron chi connectivity index (χ1n) is 7.58. The number of rotatable bonds is 1. The Morgan fingerprint density at radius 3 is 2.95 bits per heavy atom. The Morgan fingerprint density at radius 2 is 2.10 bits per heavy atom. The van der Waals surface area contributed by atoms with Gasteiger partial charge in [0, 0.05) is 12.7 Å². The number of carbonyl (C=O) groups is 1. The number of nitrogens with zero attached hydrogens (tertiary/aromatic N) is 3. The molecule has 5 nitrogen and oxygen atoms in total. The average Bonchev–Trinajstić information content (AvgIpc) is 3.14. The molecule has 1 saturated carbocycles. The van der Waals surface area contributed by atoms with Crippen LogP contribution < -0.4 is 0 Å². The Bertz CT molecular complexity index is 712. The summed E-state index contributed by atoms with van der Waals surface area (Å²) in [5.41, 5.74) is 1.15. The molecule has 2 aromatic heterocycles. The Balaban J connectivity index is 1.73. The first kappa shape index (κ1) is 12.6. The average molecular weight is 282 g/mol. The largest absolute Gasteiger partial charge is 0.346 e. The Kier molecular flexibility index (Phi) is 2.80. The summed E-state index contributed by atoms with van der Waals surface area (Å²) in [6.45, 7) is 0.689. The second-order valence-electron chi connectivity index (χ2n) is 5.94. The lowest BCUT2D eigenvalue weighted by atomic mass is 9.81. The summed E-state index contributed by atoms with van der Waals surface area (Å²) in [5.74, 6) is 0.0221. The molecule has 2 aromatic rings. The van der Waals surface area contributed by atoms with Gasteiger partial charge in [-0.25, -0.2) is 9.97 Å². The third-order valence-electron chi connectivity index (χ3n) is 4.77. The zero-order valence-corrected chi connectivity index (χ0v) is 11.9. The Morgan fingerprint density at radius 1 is 1.24 bits per heavy atom. The van der Waals surface area contributed by atoms with E-state index in [4.69, 9.17) is 0 Å². The highest BCUT2D eigenvalue weighted by Crippen LogP contribution is 2.38. The third-order valence-corrected chi connectivity index (χ3v) is 4.77. The lowest BCUT2D eigenvalue weighted by Crippen LogP contribution is -2.49. The van der Waals surface area contributed by atoms with Crippen LogP contribution in [0.15, 0.2) is 30.7 Å². The van der Waals surface area contributed by atoms with Crippen LogP contribution in [0.25, 0.3) is 11.0 Å². The van der Waals surface area contributed by atoms with E-state index >= 15 is 0 Å². The Labute approximate surface area is 123 Å². The van der Waals surface area contributed by atoms with Gasteiger partial charge in [0.25, 0.3) is 5.91 Å². The van der Waals surface area contributed by atoms with Gasteiger partial charge in [-0.05, 0) is 18.9 Å². The lowest BCUT2D eigenvalue weighted by Gasteiger charge is -2.40. The summed E-state index contributed by atoms with van der Waals surface area (Å²) >= 11 is 0. The predicted molar refractivity (Wildman–Crippen MR) is 79.9 cm³/mol. The van der Waals surface area contributed by atoms with Gasteiger partial charge in [-0.1, -0.05) is 31.4 Å². The van der Waals surface area contributed by atoms with Crippen LogP contribution in [0.1, 0.15) is 42.6 Å². The van der Waals surface area contributed by atoms with Gasteiger partial charge in [-0.2, -0.15) is 0 Å². The van der Waals surface area contributed by atoms with E-state index in [0.29, 0.717) is 12.2 Å². The highest BCUT2D eigenvalue weighted by molar-refractivity contribution is 6.04. The van der Waals surface area contributed by atoms with Crippen molar-refractivity contribution in [2.24, 2.45) is 0 Å². The monoisotopic (exact) mass is 282 g/mol. The maximum Gasteiger partial charge on any atom is 0.274 e. The minimum Gasteiger partial charge on any atom is -0.346 e. The van der Waals surface area contributed by atoms with Crippen molar-refractivity contribution in [2.45, 2.75) is 37.6 Å². The normalized spacial score (nSPS) is 20.5. The van der Waals surface area contributed by atoms with Crippen molar-refractivity contribution in [1.82, 2.24) is 19.9 Å². The van der Waals surface area contributed by atoms with Crippen molar-refractivity contribution >= 4 is 16.9 Å². The van der Waals surface area contributed by atoms with E-state index in [1.165, 1.54) is 25.6 Å². The van der Waals surface area contributed by atoms with E-state index in [-0.39, 0.29) is 11.4 Å². The quantitative estimate of drug-likeness (QED) is 0.818. The van der Waals surface area contributed by atoms with Gasteiger partial charge in [-0.15, -0.1) is 0 Å². The van der Waals surface area contributed by atoms with Crippen molar-refractivity contribution in [3.05, 3.63) is 36.4 Å². The summed E-state index contributed by atoms with van der Waals surface area (Å²) in [6, 6.07) is 1.87. The summed E-state index contributed by atoms with van der Waals surface area (Å²) < 4.78 is 0. The molecular weight excluding hydrogens is 264 g/mol. The highest BCUT2D eigenvalue weighted by atomic mass is 16.2. The number of fused-ring (bicyclic) bond motifs is 1. The van der Waals surface area contributed by atoms with Crippen LogP contribution in [-0.2, 0) is 0 Å². The molecule has 0 aromatic carbocycles. The minimum absolute atomic E-state index is 0.0221. The summed E-state index contributed by atoms with van der Waals surface area (Å²) in [5, 5.41) is 0.806. The van der Waals surface area contributed by atoms with Gasteiger partial charge in [0.1, 0.15) is 17.7 Å². The van der Waals surface area contributed by atoms with Crippen LogP contribution in [0.5, 0.6) is 0 Å². The molecule has 1 spiro atoms. The number of aromatic nitrogens is 3. The lowest BCUT2D eigenvalue weighted by molar-refractivity contribution is 0.0562. The fourth-order valence-electron chi connectivity index (χ4n) is 3.71. The van der Waals surface area contributed by atoms with Crippen LogP contribution in [-0.4, -0.2) is 37.8 Å². The van der Waals surface area contributed by atoms with Gasteiger partial charge in [0.05, 0.1) is 10.9 Å². The van der Waals surface area contributed by atoms with Crippen molar-refractivity contribution in [3.63, 3.8) is 0 Å². The number of carbonyl (C=O) groups excluding carboxylic acids is 1. The molecule has 21 heavy (non-hydrogen) atoms. The SMILES string of the molecule is O=C(c1ncnc2[nH]ccc12)N1CC=CC12CCCCC2. The van der Waals surface area contributed by atoms with Crippen LogP contribution in [0, 0.1) is 0 Å². The number of nitrogens with one attached hydrogen (secondary N) is 1. The number of H-pyrrole nitrogens is 1. The molecular formula is C16H18N4O. The van der Waals surface area contributed by atoms with Crippen molar-refractivity contribution in [2.75, 3.05) is 6.54 Å². The standard InChI is InChI=1S/C16H18N4O/c21-15(13-12-5-9-17-14(12)19-11-18-13)20-10-4-8-16(20)6-2-1-3-7-16/h4-5,8-9,11H,1-3,6-7,10H2,(H,17,18,19). The number of hydrogen-bond donors (Lipinski definition) is 1. The number of aromatic amines is 1.